The van der Waals surface area contributed by atoms with Gasteiger partial charge in [-0.2, -0.15) is 47.6 Å². The number of alkyl halides is 10. The van der Waals surface area contributed by atoms with Crippen LogP contribution in [0.4, 0.5) is 49.6 Å². The van der Waals surface area contributed by atoms with Gasteiger partial charge in [-0.25, -0.2) is 26.3 Å². The van der Waals surface area contributed by atoms with Crippen LogP contribution in [0, 0.1) is 6.92 Å². The highest BCUT2D eigenvalue weighted by Gasteiger charge is 2.57. The number of rotatable bonds is 16. The number of sulfonamides is 2. The number of H-pyrrole nitrogens is 1. The first kappa shape index (κ1) is 42.1. The van der Waals surface area contributed by atoms with Crippen molar-refractivity contribution in [2.24, 2.45) is 0 Å². The molecule has 0 unspecified atom stereocenters. The van der Waals surface area contributed by atoms with Gasteiger partial charge in [0.05, 0.1) is 35.1 Å². The second-order valence-electron chi connectivity index (χ2n) is 12.6. The number of hydrogen-bond acceptors (Lipinski definition) is 8. The Bertz CT molecular complexity index is 2000. The lowest BCUT2D eigenvalue weighted by atomic mass is 10.1. The molecule has 1 fully saturated rings. The summed E-state index contributed by atoms with van der Waals surface area (Å²) in [6.07, 6.45) is -15.6. The molecule has 0 saturated heterocycles. The predicted octanol–water partition coefficient (Wildman–Crippen LogP) is 7.26. The molecule has 0 radical (unpaired) electrons. The van der Waals surface area contributed by atoms with Crippen LogP contribution in [-0.4, -0.2) is 78.7 Å². The first-order valence-corrected chi connectivity index (χ1v) is 19.5. The molecule has 0 aliphatic heterocycles. The Morgan fingerprint density at radius 3 is 1.91 bits per heavy atom. The number of aryl methyl sites for hydroxylation is 1. The zero-order chi connectivity index (χ0) is 39.8. The minimum Gasteiger partial charge on any atom is -0.493 e. The van der Waals surface area contributed by atoms with Crippen molar-refractivity contribution in [2.45, 2.75) is 102 Å². The standard InChI is InChI=1S/C30H35F10N5O6S2/c1-3-14-51-22-11-10-20(17-21(22)24-42-26(46)23-18(2)41-25(44(23)43-24)19-8-4-5-9-19)45(52(47,48)15-6-12-27(31,32)29(35,36)37)53(49,50)16-7-13-28(33,34)30(38,39)40/h10-11,17,19H,3-9,12-16H2,1-2H3,(H,42,43,46). The van der Waals surface area contributed by atoms with Crippen molar-refractivity contribution in [2.75, 3.05) is 21.8 Å². The maximum absolute atomic E-state index is 13.6. The molecule has 0 spiro atoms. The van der Waals surface area contributed by atoms with Crippen molar-refractivity contribution in [3.63, 3.8) is 0 Å². The van der Waals surface area contributed by atoms with Crippen molar-refractivity contribution in [1.29, 1.82) is 0 Å². The lowest BCUT2D eigenvalue weighted by molar-refractivity contribution is -0.284. The van der Waals surface area contributed by atoms with Crippen LogP contribution in [0.25, 0.3) is 16.9 Å². The topological polar surface area (TPSA) is 144 Å². The lowest BCUT2D eigenvalue weighted by Gasteiger charge is -2.26. The van der Waals surface area contributed by atoms with E-state index in [-0.39, 0.29) is 35.2 Å². The Balaban J connectivity index is 1.86. The molecule has 23 heteroatoms. The SMILES string of the molecule is CCCOc1ccc(N(S(=O)(=O)CCCC(F)(F)C(F)(F)F)S(=O)(=O)CCCC(F)(F)C(F)(F)F)cc1-c1nn2c(C3CCCC3)nc(C)c2c(=O)[nH]1. The van der Waals surface area contributed by atoms with E-state index in [4.69, 9.17) is 4.74 Å². The summed E-state index contributed by atoms with van der Waals surface area (Å²) in [6.45, 7) is 3.31. The molecule has 53 heavy (non-hydrogen) atoms. The quantitative estimate of drug-likeness (QED) is 0.149. The third-order valence-electron chi connectivity index (χ3n) is 8.43. The number of nitrogens with one attached hydrogen (secondary N) is 1. The Kier molecular flexibility index (Phi) is 12.1. The number of anilines is 1. The monoisotopic (exact) mass is 815 g/mol. The van der Waals surface area contributed by atoms with Gasteiger partial charge in [0.2, 0.25) is 20.0 Å². The molecular formula is C30H35F10N5O6S2. The van der Waals surface area contributed by atoms with Gasteiger partial charge in [0, 0.05) is 18.8 Å². The molecule has 2 heterocycles. The van der Waals surface area contributed by atoms with Gasteiger partial charge >= 0.3 is 24.2 Å². The van der Waals surface area contributed by atoms with E-state index in [1.165, 1.54) is 4.52 Å². The lowest BCUT2D eigenvalue weighted by Crippen LogP contribution is -2.42. The van der Waals surface area contributed by atoms with Gasteiger partial charge in [0.15, 0.2) is 11.3 Å². The number of benzene rings is 1. The van der Waals surface area contributed by atoms with Crippen LogP contribution >= 0.6 is 0 Å². The van der Waals surface area contributed by atoms with E-state index in [0.29, 0.717) is 17.9 Å². The third-order valence-corrected chi connectivity index (χ3v) is 12.8. The molecule has 1 aliphatic carbocycles. The summed E-state index contributed by atoms with van der Waals surface area (Å²) in [6, 6.07) is 2.67. The molecule has 4 rings (SSSR count). The highest BCUT2D eigenvalue weighted by Crippen LogP contribution is 2.41. The van der Waals surface area contributed by atoms with Gasteiger partial charge in [0.1, 0.15) is 11.6 Å². The Morgan fingerprint density at radius 2 is 1.42 bits per heavy atom. The fourth-order valence-electron chi connectivity index (χ4n) is 5.81. The van der Waals surface area contributed by atoms with Gasteiger partial charge in [-0.05, 0) is 57.2 Å². The molecule has 0 amide bonds. The number of hydrogen-bond donors (Lipinski definition) is 1. The summed E-state index contributed by atoms with van der Waals surface area (Å²) in [4.78, 5) is 20.3. The molecule has 298 valence electrons. The van der Waals surface area contributed by atoms with Crippen LogP contribution in [0.5, 0.6) is 5.75 Å². The van der Waals surface area contributed by atoms with Crippen LogP contribution < -0.4 is 14.0 Å². The van der Waals surface area contributed by atoms with E-state index in [9.17, 15) is 65.5 Å². The van der Waals surface area contributed by atoms with E-state index in [1.807, 2.05) is 0 Å². The molecule has 0 bridgehead atoms. The summed E-state index contributed by atoms with van der Waals surface area (Å²) in [5, 5.41) is 4.49. The second-order valence-corrected chi connectivity index (χ2v) is 16.7. The smallest absolute Gasteiger partial charge is 0.453 e. The van der Waals surface area contributed by atoms with Crippen molar-refractivity contribution in [3.8, 4) is 17.1 Å². The summed E-state index contributed by atoms with van der Waals surface area (Å²) >= 11 is 0. The predicted molar refractivity (Wildman–Crippen MR) is 171 cm³/mol. The molecule has 1 aliphatic rings. The van der Waals surface area contributed by atoms with Gasteiger partial charge in [-0.1, -0.05) is 19.8 Å². The summed E-state index contributed by atoms with van der Waals surface area (Å²) < 4.78 is 192. The second kappa shape index (κ2) is 15.2. The first-order valence-electron chi connectivity index (χ1n) is 16.2. The zero-order valence-corrected chi connectivity index (χ0v) is 29.8. The minimum atomic E-state index is -6.08. The minimum absolute atomic E-state index is 0.0253. The van der Waals surface area contributed by atoms with Crippen LogP contribution in [0.2, 0.25) is 0 Å². The largest absolute Gasteiger partial charge is 0.493 e. The fourth-order valence-corrected chi connectivity index (χ4v) is 9.86. The number of nitrogens with zero attached hydrogens (tertiary/aromatic N) is 4. The van der Waals surface area contributed by atoms with Crippen LogP contribution in [-0.2, 0) is 20.0 Å². The molecule has 1 saturated carbocycles. The van der Waals surface area contributed by atoms with Gasteiger partial charge in [-0.3, -0.25) is 4.79 Å². The highest BCUT2D eigenvalue weighted by atomic mass is 32.3. The maximum atomic E-state index is 13.6. The first-order chi connectivity index (χ1) is 24.3. The van der Waals surface area contributed by atoms with Crippen LogP contribution in [0.3, 0.4) is 0 Å². The number of halogens is 10. The van der Waals surface area contributed by atoms with E-state index < -0.39 is 96.4 Å². The number of fused-ring (bicyclic) bond motifs is 1. The van der Waals surface area contributed by atoms with E-state index in [1.54, 1.807) is 13.8 Å². The average molecular weight is 816 g/mol. The Labute approximate surface area is 296 Å². The molecule has 1 aromatic carbocycles. The van der Waals surface area contributed by atoms with Gasteiger partial charge in [-0.15, -0.1) is 5.10 Å². The van der Waals surface area contributed by atoms with Crippen LogP contribution in [0.1, 0.15) is 82.1 Å². The van der Waals surface area contributed by atoms with Gasteiger partial charge < -0.3 is 9.72 Å². The molecular weight excluding hydrogens is 780 g/mol. The molecule has 11 nitrogen and oxygen atoms in total. The van der Waals surface area contributed by atoms with Crippen molar-refractivity contribution in [3.05, 3.63) is 40.1 Å². The number of ether oxygens (including phenoxy) is 1. The molecule has 0 atom stereocenters. The summed E-state index contributed by atoms with van der Waals surface area (Å²) in [7, 11) is -11.0. The Hall–Kier alpha value is -3.63. The number of aromatic amines is 1. The normalized spacial score (nSPS) is 15.4. The molecule has 2 aromatic heterocycles. The van der Waals surface area contributed by atoms with Crippen molar-refractivity contribution < 1.29 is 65.5 Å². The van der Waals surface area contributed by atoms with E-state index >= 15 is 0 Å². The van der Waals surface area contributed by atoms with E-state index in [0.717, 1.165) is 43.9 Å². The third kappa shape index (κ3) is 9.19. The average Bonchev–Trinajstić information content (AvgIpc) is 3.66. The fraction of sp³-hybridized carbons (Fsp3) is 0.633. The van der Waals surface area contributed by atoms with Gasteiger partial charge in [0.25, 0.3) is 5.56 Å². The summed E-state index contributed by atoms with van der Waals surface area (Å²) in [5.74, 6) is -14.1. The number of imidazole rings is 1. The summed E-state index contributed by atoms with van der Waals surface area (Å²) in [5.41, 5.74) is -1.43. The zero-order valence-electron chi connectivity index (χ0n) is 28.1. The molecule has 1 N–H and O–H groups in total. The highest BCUT2D eigenvalue weighted by molar-refractivity contribution is 8.10. The molecule has 3 aromatic rings. The number of aromatic nitrogens is 4. The maximum Gasteiger partial charge on any atom is 0.453 e. The van der Waals surface area contributed by atoms with E-state index in [2.05, 4.69) is 15.1 Å². The van der Waals surface area contributed by atoms with Crippen molar-refractivity contribution in [1.82, 2.24) is 19.6 Å². The Morgan fingerprint density at radius 1 is 0.887 bits per heavy atom. The van der Waals surface area contributed by atoms with Crippen molar-refractivity contribution >= 4 is 31.3 Å². The van der Waals surface area contributed by atoms with Crippen LogP contribution in [0.15, 0.2) is 23.0 Å².